The fourth-order valence-corrected chi connectivity index (χ4v) is 4.40. The summed E-state index contributed by atoms with van der Waals surface area (Å²) in [7, 11) is 0. The normalized spacial score (nSPS) is 37.2. The van der Waals surface area contributed by atoms with Crippen molar-refractivity contribution >= 4 is 11.8 Å². The molecule has 2 rings (SSSR count). The standard InChI is InChI=1S/C14H27NOS/c1-4-13-11(5-6-16-13)8-15-12-7-14(2,3)10-17-9-12/h11-13,15H,4-10H2,1-3H3. The summed E-state index contributed by atoms with van der Waals surface area (Å²) in [4.78, 5) is 0. The molecule has 2 aliphatic heterocycles. The van der Waals surface area contributed by atoms with Crippen LogP contribution < -0.4 is 5.32 Å². The largest absolute Gasteiger partial charge is 0.378 e. The van der Waals surface area contributed by atoms with E-state index in [0.717, 1.165) is 25.5 Å². The SMILES string of the molecule is CCC1OCCC1CNC1CSCC(C)(C)C1. The van der Waals surface area contributed by atoms with Gasteiger partial charge in [-0.3, -0.25) is 0 Å². The lowest BCUT2D eigenvalue weighted by Crippen LogP contribution is -2.43. The molecule has 0 aliphatic carbocycles. The van der Waals surface area contributed by atoms with Gasteiger partial charge in [-0.15, -0.1) is 0 Å². The van der Waals surface area contributed by atoms with Gasteiger partial charge in [0.05, 0.1) is 6.10 Å². The number of rotatable bonds is 4. The molecule has 3 heteroatoms. The zero-order valence-corrected chi connectivity index (χ0v) is 12.3. The van der Waals surface area contributed by atoms with Gasteiger partial charge < -0.3 is 10.1 Å². The van der Waals surface area contributed by atoms with E-state index in [0.29, 0.717) is 17.6 Å². The van der Waals surface area contributed by atoms with E-state index in [1.54, 1.807) is 0 Å². The van der Waals surface area contributed by atoms with Crippen LogP contribution >= 0.6 is 11.8 Å². The van der Waals surface area contributed by atoms with Crippen molar-refractivity contribution in [3.63, 3.8) is 0 Å². The summed E-state index contributed by atoms with van der Waals surface area (Å²) in [6.45, 7) is 9.14. The molecule has 0 aromatic carbocycles. The van der Waals surface area contributed by atoms with E-state index in [2.05, 4.69) is 37.8 Å². The number of hydrogen-bond donors (Lipinski definition) is 1. The van der Waals surface area contributed by atoms with Crippen molar-refractivity contribution < 1.29 is 4.74 Å². The summed E-state index contributed by atoms with van der Waals surface area (Å²) in [5, 5.41) is 3.78. The minimum atomic E-state index is 0.506. The van der Waals surface area contributed by atoms with Crippen molar-refractivity contribution in [3.8, 4) is 0 Å². The molecule has 0 amide bonds. The molecule has 2 heterocycles. The average molecular weight is 257 g/mol. The molecule has 1 N–H and O–H groups in total. The van der Waals surface area contributed by atoms with Crippen LogP contribution in [-0.4, -0.2) is 36.8 Å². The molecule has 0 saturated carbocycles. The highest BCUT2D eigenvalue weighted by atomic mass is 32.2. The minimum absolute atomic E-state index is 0.506. The number of hydrogen-bond acceptors (Lipinski definition) is 3. The highest BCUT2D eigenvalue weighted by Gasteiger charge is 2.31. The van der Waals surface area contributed by atoms with E-state index < -0.39 is 0 Å². The Bertz CT molecular complexity index is 244. The van der Waals surface area contributed by atoms with Crippen molar-refractivity contribution in [3.05, 3.63) is 0 Å². The van der Waals surface area contributed by atoms with Gasteiger partial charge in [0.15, 0.2) is 0 Å². The maximum absolute atomic E-state index is 5.75. The van der Waals surface area contributed by atoms with Crippen molar-refractivity contribution in [2.24, 2.45) is 11.3 Å². The Hall–Kier alpha value is 0.270. The van der Waals surface area contributed by atoms with E-state index >= 15 is 0 Å². The third-order valence-corrected chi connectivity index (χ3v) is 5.65. The molecule has 0 radical (unpaired) electrons. The van der Waals surface area contributed by atoms with Crippen LogP contribution in [0.3, 0.4) is 0 Å². The summed E-state index contributed by atoms with van der Waals surface area (Å²) in [6.07, 6.45) is 4.24. The summed E-state index contributed by atoms with van der Waals surface area (Å²) in [5.74, 6) is 3.35. The van der Waals surface area contributed by atoms with Gasteiger partial charge in [-0.1, -0.05) is 20.8 Å². The Morgan fingerprint density at radius 3 is 2.94 bits per heavy atom. The fourth-order valence-electron chi connectivity index (χ4n) is 3.09. The summed E-state index contributed by atoms with van der Waals surface area (Å²) in [6, 6.07) is 0.710. The fraction of sp³-hybridized carbons (Fsp3) is 1.00. The molecule has 2 fully saturated rings. The van der Waals surface area contributed by atoms with Crippen LogP contribution in [0.5, 0.6) is 0 Å². The monoisotopic (exact) mass is 257 g/mol. The van der Waals surface area contributed by atoms with Gasteiger partial charge in [0.2, 0.25) is 0 Å². The predicted octanol–water partition coefficient (Wildman–Crippen LogP) is 2.92. The molecule has 2 nitrogen and oxygen atoms in total. The van der Waals surface area contributed by atoms with Crippen LogP contribution in [0, 0.1) is 11.3 Å². The van der Waals surface area contributed by atoms with Crippen molar-refractivity contribution in [2.75, 3.05) is 24.7 Å². The second kappa shape index (κ2) is 5.94. The molecule has 100 valence electrons. The van der Waals surface area contributed by atoms with Gasteiger partial charge in [-0.05, 0) is 36.3 Å². The van der Waals surface area contributed by atoms with Crippen molar-refractivity contribution in [2.45, 2.75) is 52.2 Å². The lowest BCUT2D eigenvalue weighted by atomic mass is 9.87. The molecular formula is C14H27NOS. The van der Waals surface area contributed by atoms with Crippen LogP contribution in [0.2, 0.25) is 0 Å². The summed E-state index contributed by atoms with van der Waals surface area (Å²) >= 11 is 2.11. The average Bonchev–Trinajstić information content (AvgIpc) is 2.72. The highest BCUT2D eigenvalue weighted by molar-refractivity contribution is 7.99. The van der Waals surface area contributed by atoms with Crippen LogP contribution in [0.4, 0.5) is 0 Å². The van der Waals surface area contributed by atoms with E-state index in [1.807, 2.05) is 0 Å². The zero-order chi connectivity index (χ0) is 12.3. The third-order valence-electron chi connectivity index (χ3n) is 4.03. The molecule has 0 aromatic rings. The van der Waals surface area contributed by atoms with Crippen molar-refractivity contribution in [1.29, 1.82) is 0 Å². The molecule has 0 bridgehead atoms. The lowest BCUT2D eigenvalue weighted by molar-refractivity contribution is 0.0863. The summed E-state index contributed by atoms with van der Waals surface area (Å²) in [5.41, 5.74) is 0.511. The Kier molecular flexibility index (Phi) is 4.79. The molecular weight excluding hydrogens is 230 g/mol. The first-order valence-electron chi connectivity index (χ1n) is 7.03. The summed E-state index contributed by atoms with van der Waals surface area (Å²) < 4.78 is 5.75. The Morgan fingerprint density at radius 2 is 2.24 bits per heavy atom. The maximum Gasteiger partial charge on any atom is 0.0613 e. The molecule has 2 aliphatic rings. The molecule has 0 spiro atoms. The molecule has 3 atom stereocenters. The number of nitrogens with one attached hydrogen (secondary N) is 1. The number of thioether (sulfide) groups is 1. The van der Waals surface area contributed by atoms with Gasteiger partial charge in [0.25, 0.3) is 0 Å². The molecule has 17 heavy (non-hydrogen) atoms. The Morgan fingerprint density at radius 1 is 1.41 bits per heavy atom. The zero-order valence-electron chi connectivity index (χ0n) is 11.5. The van der Waals surface area contributed by atoms with Crippen molar-refractivity contribution in [1.82, 2.24) is 5.32 Å². The third kappa shape index (κ3) is 3.87. The topological polar surface area (TPSA) is 21.3 Å². The lowest BCUT2D eigenvalue weighted by Gasteiger charge is -2.36. The predicted molar refractivity (Wildman–Crippen MR) is 75.7 cm³/mol. The van der Waals surface area contributed by atoms with Crippen LogP contribution in [0.1, 0.15) is 40.0 Å². The first-order chi connectivity index (χ1) is 8.11. The molecule has 0 aromatic heterocycles. The quantitative estimate of drug-likeness (QED) is 0.837. The Labute approximate surface area is 110 Å². The first kappa shape index (κ1) is 13.7. The van der Waals surface area contributed by atoms with Gasteiger partial charge >= 0.3 is 0 Å². The van der Waals surface area contributed by atoms with Crippen LogP contribution in [-0.2, 0) is 4.74 Å². The second-order valence-corrected chi connectivity index (χ2v) is 7.39. The van der Waals surface area contributed by atoms with Gasteiger partial charge in [-0.25, -0.2) is 0 Å². The minimum Gasteiger partial charge on any atom is -0.378 e. The van der Waals surface area contributed by atoms with Gasteiger partial charge in [0.1, 0.15) is 0 Å². The van der Waals surface area contributed by atoms with E-state index in [-0.39, 0.29) is 0 Å². The smallest absolute Gasteiger partial charge is 0.0613 e. The van der Waals surface area contributed by atoms with Crippen LogP contribution in [0.25, 0.3) is 0 Å². The Balaban J connectivity index is 1.74. The van der Waals surface area contributed by atoms with E-state index in [1.165, 1.54) is 24.3 Å². The van der Waals surface area contributed by atoms with Crippen LogP contribution in [0.15, 0.2) is 0 Å². The van der Waals surface area contributed by atoms with E-state index in [9.17, 15) is 0 Å². The maximum atomic E-state index is 5.75. The second-order valence-electron chi connectivity index (χ2n) is 6.35. The van der Waals surface area contributed by atoms with Gasteiger partial charge in [0, 0.05) is 24.9 Å². The first-order valence-corrected chi connectivity index (χ1v) is 8.19. The highest BCUT2D eigenvalue weighted by Crippen LogP contribution is 2.33. The molecule has 2 saturated heterocycles. The molecule has 3 unspecified atom stereocenters. The van der Waals surface area contributed by atoms with E-state index in [4.69, 9.17) is 4.74 Å². The van der Waals surface area contributed by atoms with Gasteiger partial charge in [-0.2, -0.15) is 11.8 Å². The number of ether oxygens (including phenoxy) is 1.